The molecule has 2 unspecified atom stereocenters. The molecule has 0 aromatic heterocycles. The van der Waals surface area contributed by atoms with E-state index in [1.807, 2.05) is 56.1 Å². The molecule has 1 saturated heterocycles. The lowest BCUT2D eigenvalue weighted by Gasteiger charge is -2.39. The molecule has 42 heavy (non-hydrogen) atoms. The highest BCUT2D eigenvalue weighted by Crippen LogP contribution is 2.20. The van der Waals surface area contributed by atoms with Crippen molar-refractivity contribution in [1.29, 1.82) is 0 Å². The number of likely N-dealkylation sites (N-methyl/N-ethyl adjacent to an activating group) is 1. The number of nitrogens with one attached hydrogen (secondary N) is 2. The second kappa shape index (κ2) is 18.7. The fourth-order valence-electron chi connectivity index (χ4n) is 5.03. The van der Waals surface area contributed by atoms with E-state index in [4.69, 9.17) is 0 Å². The fourth-order valence-corrected chi connectivity index (χ4v) is 5.03. The molecule has 0 spiro atoms. The van der Waals surface area contributed by atoms with Gasteiger partial charge in [0.05, 0.1) is 0 Å². The number of carbonyl (C=O) groups excluding carboxylic acids is 4. The molecule has 2 N–H and O–H groups in total. The van der Waals surface area contributed by atoms with E-state index in [0.717, 1.165) is 18.4 Å². The van der Waals surface area contributed by atoms with Crippen LogP contribution in [-0.4, -0.2) is 97.2 Å². The second-order valence-electron chi connectivity index (χ2n) is 10.6. The van der Waals surface area contributed by atoms with Crippen molar-refractivity contribution in [1.82, 2.24) is 25.3 Å². The van der Waals surface area contributed by atoms with Crippen molar-refractivity contribution in [3.05, 3.63) is 72.4 Å². The lowest BCUT2D eigenvalue weighted by atomic mass is 9.99. The Bertz CT molecular complexity index is 1100. The van der Waals surface area contributed by atoms with Gasteiger partial charge in [-0.2, -0.15) is 0 Å². The quantitative estimate of drug-likeness (QED) is 0.275. The molecular weight excluding hydrogens is 530 g/mol. The Morgan fingerprint density at radius 2 is 1.88 bits per heavy atom. The van der Waals surface area contributed by atoms with Gasteiger partial charge in [0.15, 0.2) is 0 Å². The SMILES string of the molecule is C=C/C=C(\C/C=C\C)CCC(C(=O)NCCC)N1CC(CC(=O)NC)N(C)CCN(C(=O)c2ccccc2)CCC1=O. The van der Waals surface area contributed by atoms with Gasteiger partial charge in [-0.25, -0.2) is 0 Å². The summed E-state index contributed by atoms with van der Waals surface area (Å²) < 4.78 is 0. The zero-order valence-electron chi connectivity index (χ0n) is 25.8. The summed E-state index contributed by atoms with van der Waals surface area (Å²) in [5.41, 5.74) is 1.67. The molecule has 1 aromatic rings. The Morgan fingerprint density at radius 3 is 2.52 bits per heavy atom. The van der Waals surface area contributed by atoms with Crippen LogP contribution in [0.1, 0.15) is 62.7 Å². The molecule has 1 heterocycles. The first-order valence-corrected chi connectivity index (χ1v) is 15.0. The van der Waals surface area contributed by atoms with Gasteiger partial charge >= 0.3 is 0 Å². The van der Waals surface area contributed by atoms with Crippen LogP contribution in [-0.2, 0) is 14.4 Å². The highest BCUT2D eigenvalue weighted by atomic mass is 16.2. The maximum absolute atomic E-state index is 14.0. The van der Waals surface area contributed by atoms with Crippen molar-refractivity contribution in [2.24, 2.45) is 0 Å². The Labute approximate surface area is 251 Å². The van der Waals surface area contributed by atoms with Crippen LogP contribution in [0.5, 0.6) is 0 Å². The molecule has 9 heteroatoms. The number of nitrogens with zero attached hydrogens (tertiary/aromatic N) is 3. The molecule has 1 aliphatic rings. The van der Waals surface area contributed by atoms with E-state index >= 15 is 0 Å². The van der Waals surface area contributed by atoms with Crippen LogP contribution in [0.4, 0.5) is 0 Å². The topological polar surface area (TPSA) is 102 Å². The Morgan fingerprint density at radius 1 is 1.14 bits per heavy atom. The van der Waals surface area contributed by atoms with Gasteiger partial charge < -0.3 is 20.4 Å². The molecular formula is C33H49N5O4. The second-order valence-corrected chi connectivity index (χ2v) is 10.6. The molecule has 1 aliphatic heterocycles. The van der Waals surface area contributed by atoms with E-state index in [-0.39, 0.29) is 55.6 Å². The predicted molar refractivity (Wildman–Crippen MR) is 168 cm³/mol. The number of hydrogen-bond acceptors (Lipinski definition) is 5. The van der Waals surface area contributed by atoms with Crippen molar-refractivity contribution in [2.75, 3.05) is 46.8 Å². The first kappa shape index (κ1) is 34.5. The molecule has 0 aliphatic carbocycles. The van der Waals surface area contributed by atoms with Crippen LogP contribution in [0, 0.1) is 0 Å². The monoisotopic (exact) mass is 579 g/mol. The van der Waals surface area contributed by atoms with Gasteiger partial charge in [-0.1, -0.05) is 61.6 Å². The van der Waals surface area contributed by atoms with Gasteiger partial charge in [-0.3, -0.25) is 24.1 Å². The Balaban J connectivity index is 2.45. The van der Waals surface area contributed by atoms with E-state index in [1.165, 1.54) is 0 Å². The number of benzene rings is 1. The highest BCUT2D eigenvalue weighted by Gasteiger charge is 2.34. The van der Waals surface area contributed by atoms with Gasteiger partial charge in [0.1, 0.15) is 6.04 Å². The van der Waals surface area contributed by atoms with E-state index in [9.17, 15) is 19.2 Å². The summed E-state index contributed by atoms with van der Waals surface area (Å²) in [6.45, 7) is 9.70. The fraction of sp³-hybridized carbons (Fsp3) is 0.515. The molecule has 230 valence electrons. The molecule has 1 aromatic carbocycles. The first-order valence-electron chi connectivity index (χ1n) is 15.0. The van der Waals surface area contributed by atoms with Gasteiger partial charge in [-0.05, 0) is 51.8 Å². The van der Waals surface area contributed by atoms with E-state index in [1.54, 1.807) is 35.1 Å². The smallest absolute Gasteiger partial charge is 0.253 e. The van der Waals surface area contributed by atoms with Crippen LogP contribution in [0.15, 0.2) is 66.8 Å². The van der Waals surface area contributed by atoms with Gasteiger partial charge in [-0.15, -0.1) is 0 Å². The predicted octanol–water partition coefficient (Wildman–Crippen LogP) is 3.55. The van der Waals surface area contributed by atoms with Crippen molar-refractivity contribution < 1.29 is 19.2 Å². The van der Waals surface area contributed by atoms with Crippen LogP contribution in [0.3, 0.4) is 0 Å². The average Bonchev–Trinajstić information content (AvgIpc) is 3.00. The van der Waals surface area contributed by atoms with Crippen molar-refractivity contribution in [3.63, 3.8) is 0 Å². The standard InChI is InChI=1S/C33H49N5O4/c1-6-9-14-26(13-7-2)17-18-29(32(41)35-20-8-3)38-25-28(24-30(39)34-4)36(5)22-23-37(21-19-31(38)40)33(42)27-15-11-10-12-16-27/h6-7,9-13,15-16,28-29H,2,8,14,17-25H2,1,3-5H3,(H,34,39)(H,35,41)/b9-6-,26-13+. The summed E-state index contributed by atoms with van der Waals surface area (Å²) in [4.78, 5) is 58.8. The average molecular weight is 580 g/mol. The number of carbonyl (C=O) groups is 4. The Kier molecular flexibility index (Phi) is 15.3. The van der Waals surface area contributed by atoms with Gasteiger partial charge in [0, 0.05) is 64.2 Å². The summed E-state index contributed by atoms with van der Waals surface area (Å²) in [6.07, 6.45) is 10.5. The molecule has 0 bridgehead atoms. The minimum atomic E-state index is -0.721. The lowest BCUT2D eigenvalue weighted by Crippen LogP contribution is -2.56. The molecule has 2 atom stereocenters. The maximum atomic E-state index is 14.0. The summed E-state index contributed by atoms with van der Waals surface area (Å²) in [5, 5.41) is 5.68. The lowest BCUT2D eigenvalue weighted by molar-refractivity contribution is -0.142. The molecule has 1 fully saturated rings. The van der Waals surface area contributed by atoms with Crippen molar-refractivity contribution in [3.8, 4) is 0 Å². The maximum Gasteiger partial charge on any atom is 0.253 e. The first-order chi connectivity index (χ1) is 20.2. The number of hydrogen-bond donors (Lipinski definition) is 2. The minimum Gasteiger partial charge on any atom is -0.359 e. The highest BCUT2D eigenvalue weighted by molar-refractivity contribution is 5.94. The third kappa shape index (κ3) is 10.9. The van der Waals surface area contributed by atoms with Crippen LogP contribution in [0.2, 0.25) is 0 Å². The van der Waals surface area contributed by atoms with Crippen molar-refractivity contribution in [2.45, 2.75) is 64.5 Å². The summed E-state index contributed by atoms with van der Waals surface area (Å²) in [5.74, 6) is -0.711. The number of allylic oxidation sites excluding steroid dienone is 5. The molecule has 9 nitrogen and oxygen atoms in total. The van der Waals surface area contributed by atoms with E-state index < -0.39 is 6.04 Å². The molecule has 0 radical (unpaired) electrons. The molecule has 4 amide bonds. The summed E-state index contributed by atoms with van der Waals surface area (Å²) in [7, 11) is 3.49. The zero-order valence-corrected chi connectivity index (χ0v) is 25.8. The van der Waals surface area contributed by atoms with Crippen LogP contribution < -0.4 is 10.6 Å². The van der Waals surface area contributed by atoms with Crippen LogP contribution in [0.25, 0.3) is 0 Å². The largest absolute Gasteiger partial charge is 0.359 e. The Hall–Kier alpha value is -3.72. The third-order valence-electron chi connectivity index (χ3n) is 7.61. The third-order valence-corrected chi connectivity index (χ3v) is 7.61. The zero-order chi connectivity index (χ0) is 30.9. The molecule has 2 rings (SSSR count). The summed E-state index contributed by atoms with van der Waals surface area (Å²) in [6, 6.07) is 7.97. The van der Waals surface area contributed by atoms with E-state index in [0.29, 0.717) is 38.0 Å². The number of rotatable bonds is 13. The van der Waals surface area contributed by atoms with Crippen molar-refractivity contribution >= 4 is 23.6 Å². The number of amides is 4. The molecule has 0 saturated carbocycles. The van der Waals surface area contributed by atoms with Crippen LogP contribution >= 0.6 is 0 Å². The normalized spacial score (nSPS) is 18.0. The summed E-state index contributed by atoms with van der Waals surface area (Å²) >= 11 is 0. The van der Waals surface area contributed by atoms with Gasteiger partial charge in [0.2, 0.25) is 17.7 Å². The van der Waals surface area contributed by atoms with Gasteiger partial charge in [0.25, 0.3) is 5.91 Å². The minimum absolute atomic E-state index is 0.0838. The van der Waals surface area contributed by atoms with E-state index in [2.05, 4.69) is 23.3 Å².